The molecule has 0 bridgehead atoms. The summed E-state index contributed by atoms with van der Waals surface area (Å²) < 4.78 is 25.6. The molecule has 0 aromatic rings. The molecule has 0 spiro atoms. The third-order valence-electron chi connectivity index (χ3n) is 0. The van der Waals surface area contributed by atoms with E-state index < -0.39 is 27.5 Å². The Balaban J connectivity index is -0.00000000562. The van der Waals surface area contributed by atoms with E-state index in [1.165, 1.54) is 0 Å². The minimum Gasteiger partial charge on any atom is -2.00 e. The second-order valence-electron chi connectivity index (χ2n) is 0.750. The maximum absolute atomic E-state index is 8.52. The topological polar surface area (TPSA) is 218 Å². The summed E-state index contributed by atoms with van der Waals surface area (Å²) in [5.41, 5.74) is 0. The van der Waals surface area contributed by atoms with Crippen molar-refractivity contribution in [2.24, 2.45) is 0 Å². The van der Waals surface area contributed by atoms with Crippen LogP contribution < -0.4 is 89.6 Å². The number of halogens is 2. The average Bonchev–Trinajstić information content (AvgIpc) is 1.54. The molecular weight excluding hydrogens is 421 g/mol. The average molecular weight is 421 g/mol. The van der Waals surface area contributed by atoms with E-state index in [-0.39, 0.29) is 153 Å². The fraction of sp³-hybridized carbons (Fsp3) is 0. The fourth-order valence-electron chi connectivity index (χ4n) is 0. The molecule has 0 aliphatic rings. The van der Waals surface area contributed by atoms with Crippen molar-refractivity contribution in [3.8, 4) is 0 Å². The molecule has 0 fully saturated rings. The third kappa shape index (κ3) is 870. The Labute approximate surface area is 218 Å². The fourth-order valence-corrected chi connectivity index (χ4v) is 0. The van der Waals surface area contributed by atoms with Gasteiger partial charge in [0, 0.05) is 27.5 Å². The van der Waals surface area contributed by atoms with E-state index in [2.05, 4.69) is 0 Å². The molecule has 0 saturated heterocycles. The summed E-state index contributed by atoms with van der Waals surface area (Å²) in [5, 5.41) is 0. The van der Waals surface area contributed by atoms with Crippen molar-refractivity contribution < 1.29 is 108 Å². The Morgan fingerprint density at radius 3 is 0.550 bits per heavy atom. The summed E-state index contributed by atoms with van der Waals surface area (Å²) in [7, 11) is -10.9. The van der Waals surface area contributed by atoms with Gasteiger partial charge < -0.3 is 57.0 Å². The molecule has 0 radical (unpaired) electrons. The molecule has 0 aromatic heterocycles. The molecule has 20 heteroatoms. The zero-order chi connectivity index (χ0) is 10.7. The van der Waals surface area contributed by atoms with E-state index in [1.54, 1.807) is 0 Å². The van der Waals surface area contributed by atoms with Crippen molar-refractivity contribution in [1.82, 2.24) is 0 Å². The summed E-state index contributed by atoms with van der Waals surface area (Å²) in [4.78, 5) is 51.1. The minimum absolute atomic E-state index is 0. The second-order valence-corrected chi connectivity index (χ2v) is 2.25. The van der Waals surface area contributed by atoms with Gasteiger partial charge in [0.05, 0.1) is 0 Å². The zero-order valence-electron chi connectivity index (χ0n) is 10.0. The molecule has 0 aromatic carbocycles. The van der Waals surface area contributed by atoms with Gasteiger partial charge in [0.25, 0.3) is 0 Å². The molecule has 0 rings (SSSR count). The standard InChI is InChI=1S/Al.2FH.K.3Mg.3O3Si.O/c;;;;;;;3*1-4(2)3;/h;2*1H;;;;;;;;/q+3;;;+1;3*+2;4*-2/p-2. The van der Waals surface area contributed by atoms with Crippen molar-refractivity contribution in [3.63, 3.8) is 0 Å². The van der Waals surface area contributed by atoms with Gasteiger partial charge in [0.15, 0.2) is 0 Å². The first-order chi connectivity index (χ1) is 5.20. The van der Waals surface area contributed by atoms with Crippen LogP contribution in [-0.2, 0) is 18.9 Å². The van der Waals surface area contributed by atoms with Crippen LogP contribution >= 0.6 is 0 Å². The van der Waals surface area contributed by atoms with Crippen LogP contribution in [0.1, 0.15) is 0 Å². The van der Waals surface area contributed by atoms with E-state index in [1.807, 2.05) is 0 Å². The molecule has 0 saturated carbocycles. The summed E-state index contributed by atoms with van der Waals surface area (Å²) in [6.07, 6.45) is 0. The molecule has 0 heterocycles. The normalized spacial score (nSPS) is 3.60. The monoisotopic (exact) mass is 420 g/mol. The van der Waals surface area contributed by atoms with Gasteiger partial charge in [-0.05, 0) is 0 Å². The van der Waals surface area contributed by atoms with Gasteiger partial charge >= 0.3 is 138 Å². The van der Waals surface area contributed by atoms with E-state index in [0.717, 1.165) is 0 Å². The smallest absolute Gasteiger partial charge is 2.00 e. The van der Waals surface area contributed by atoms with Gasteiger partial charge in [-0.25, -0.2) is 0 Å². The molecule has 0 N–H and O–H groups in total. The zero-order valence-corrected chi connectivity index (χ0v) is 21.6. The van der Waals surface area contributed by atoms with Crippen LogP contribution in [-0.4, -0.2) is 114 Å². The summed E-state index contributed by atoms with van der Waals surface area (Å²) in [6, 6.07) is 0. The number of rotatable bonds is 0. The maximum atomic E-state index is 8.52. The number of hydrogen-bond acceptors (Lipinski definition) is 9. The van der Waals surface area contributed by atoms with E-state index in [0.29, 0.717) is 0 Å². The van der Waals surface area contributed by atoms with Crippen LogP contribution in [0.3, 0.4) is 0 Å². The van der Waals surface area contributed by atoms with Crippen LogP contribution in [0.4, 0.5) is 0 Å². The van der Waals surface area contributed by atoms with Crippen LogP contribution in [0.5, 0.6) is 0 Å². The molecular formula is AlF2KMg3O10Si3. The molecule has 0 amide bonds. The van der Waals surface area contributed by atoms with Gasteiger partial charge in [0.2, 0.25) is 0 Å². The van der Waals surface area contributed by atoms with Crippen molar-refractivity contribution in [2.75, 3.05) is 0 Å². The van der Waals surface area contributed by atoms with Gasteiger partial charge in [-0.15, -0.1) is 0 Å². The first kappa shape index (κ1) is 77.0. The third-order valence-corrected chi connectivity index (χ3v) is 0. The maximum Gasteiger partial charge on any atom is 3.00 e. The first-order valence-corrected chi connectivity index (χ1v) is 5.51. The summed E-state index contributed by atoms with van der Waals surface area (Å²) >= 11 is 0. The van der Waals surface area contributed by atoms with Crippen molar-refractivity contribution >= 4 is 114 Å². The van der Waals surface area contributed by atoms with Gasteiger partial charge in [-0.2, -0.15) is 0 Å². The SMILES string of the molecule is O=[Si]([O-])[O-].O=[Si]([O-])[O-].O=[Si]([O-])[O-].[Al+3].[F-].[F-].[K+].[Mg+2].[Mg+2].[Mg+2].[O-2]. The van der Waals surface area contributed by atoms with Crippen LogP contribution in [0.2, 0.25) is 0 Å². The van der Waals surface area contributed by atoms with Crippen LogP contribution in [0.25, 0.3) is 0 Å². The van der Waals surface area contributed by atoms with Crippen molar-refractivity contribution in [2.45, 2.75) is 0 Å². The molecule has 0 aliphatic carbocycles. The van der Waals surface area contributed by atoms with E-state index >= 15 is 0 Å². The molecule has 96 valence electrons. The van der Waals surface area contributed by atoms with Gasteiger partial charge in [-0.1, -0.05) is 0 Å². The summed E-state index contributed by atoms with van der Waals surface area (Å²) in [5.74, 6) is 0. The predicted octanol–water partition coefficient (Wildman–Crippen LogP) is -19.3. The molecule has 10 nitrogen and oxygen atoms in total. The van der Waals surface area contributed by atoms with Gasteiger partial charge in [0.1, 0.15) is 0 Å². The molecule has 20 heavy (non-hydrogen) atoms. The Hall–Kier alpha value is 3.14. The molecule has 0 unspecified atom stereocenters. The Kier molecular flexibility index (Phi) is 258. The van der Waals surface area contributed by atoms with Crippen LogP contribution in [0, 0.1) is 0 Å². The minimum atomic E-state index is -3.63. The van der Waals surface area contributed by atoms with E-state index in [9.17, 15) is 0 Å². The Bertz CT molecular complexity index is 139. The van der Waals surface area contributed by atoms with Crippen molar-refractivity contribution in [1.29, 1.82) is 0 Å². The molecule has 0 aliphatic heterocycles. The number of hydrogen-bond donors (Lipinski definition) is 0. The Morgan fingerprint density at radius 2 is 0.550 bits per heavy atom. The predicted molar refractivity (Wildman–Crippen MR) is 43.0 cm³/mol. The van der Waals surface area contributed by atoms with Crippen LogP contribution in [0.15, 0.2) is 0 Å². The van der Waals surface area contributed by atoms with Gasteiger partial charge in [-0.3, -0.25) is 0 Å². The quantitative estimate of drug-likeness (QED) is 0.338. The second kappa shape index (κ2) is 67.1. The first-order valence-electron chi connectivity index (χ1n) is 1.84. The Morgan fingerprint density at radius 1 is 0.550 bits per heavy atom. The van der Waals surface area contributed by atoms with E-state index in [4.69, 9.17) is 42.2 Å². The molecule has 0 atom stereocenters. The largest absolute Gasteiger partial charge is 3.00 e. The summed E-state index contributed by atoms with van der Waals surface area (Å²) in [6.45, 7) is 0. The van der Waals surface area contributed by atoms with Crippen molar-refractivity contribution in [3.05, 3.63) is 0 Å².